The van der Waals surface area contributed by atoms with E-state index in [0.717, 1.165) is 15.8 Å². The van der Waals surface area contributed by atoms with E-state index in [2.05, 4.69) is 9.71 Å². The van der Waals surface area contributed by atoms with Crippen molar-refractivity contribution in [1.29, 1.82) is 0 Å². The number of amides is 1. The lowest BCUT2D eigenvalue weighted by atomic mass is 10.2. The van der Waals surface area contributed by atoms with Crippen LogP contribution in [0.3, 0.4) is 0 Å². The molecule has 1 aromatic heterocycles. The fourth-order valence-corrected chi connectivity index (χ4v) is 5.95. The second kappa shape index (κ2) is 9.20. The molecule has 0 saturated heterocycles. The summed E-state index contributed by atoms with van der Waals surface area (Å²) in [6.45, 7) is 5.47. The quantitative estimate of drug-likeness (QED) is 0.431. The number of fused-ring (bicyclic) bond motifs is 2. The Morgan fingerprint density at radius 2 is 1.77 bits per heavy atom. The van der Waals surface area contributed by atoms with Gasteiger partial charge in [0.25, 0.3) is 15.9 Å². The van der Waals surface area contributed by atoms with E-state index in [1.807, 2.05) is 30.5 Å². The summed E-state index contributed by atoms with van der Waals surface area (Å²) >= 11 is 1.39. The predicted octanol–water partition coefficient (Wildman–Crippen LogP) is 4.34. The van der Waals surface area contributed by atoms with Crippen LogP contribution in [0, 0.1) is 6.92 Å². The van der Waals surface area contributed by atoms with Crippen molar-refractivity contribution in [3.8, 4) is 11.5 Å². The van der Waals surface area contributed by atoms with Gasteiger partial charge in [-0.25, -0.2) is 8.42 Å². The molecule has 0 radical (unpaired) electrons. The van der Waals surface area contributed by atoms with Gasteiger partial charge in [-0.1, -0.05) is 35.1 Å². The zero-order chi connectivity index (χ0) is 24.6. The lowest BCUT2D eigenvalue weighted by molar-refractivity contribution is 0.0998. The van der Waals surface area contributed by atoms with Gasteiger partial charge >= 0.3 is 0 Å². The van der Waals surface area contributed by atoms with E-state index in [4.69, 9.17) is 9.47 Å². The van der Waals surface area contributed by atoms with Crippen molar-refractivity contribution in [3.63, 3.8) is 0 Å². The minimum atomic E-state index is -3.79. The predicted molar refractivity (Wildman–Crippen MR) is 135 cm³/mol. The number of carbonyl (C=O) groups excluding carboxylic acids is 1. The number of sulfonamides is 1. The van der Waals surface area contributed by atoms with Gasteiger partial charge in [0.1, 0.15) is 13.2 Å². The van der Waals surface area contributed by atoms with E-state index in [1.54, 1.807) is 42.5 Å². The summed E-state index contributed by atoms with van der Waals surface area (Å²) < 4.78 is 42.3. The average Bonchev–Trinajstić information content (AvgIpc) is 3.18. The maximum atomic E-state index is 13.0. The van der Waals surface area contributed by atoms with E-state index in [1.165, 1.54) is 17.4 Å². The standard InChI is InChI=1S/C25H23N3O5S2/c1-3-28-20-14-21-22(33-12-11-32-21)15-23(20)34-25(28)26-24(29)17-5-4-6-18(13-17)27-35(30,31)19-9-7-16(2)8-10-19/h4-10,13-15,27H,3,11-12H2,1-2H3. The summed E-state index contributed by atoms with van der Waals surface area (Å²) in [6, 6.07) is 16.7. The Labute approximate surface area is 206 Å². The van der Waals surface area contributed by atoms with Gasteiger partial charge in [0, 0.05) is 29.9 Å². The van der Waals surface area contributed by atoms with Gasteiger partial charge in [0.05, 0.1) is 15.1 Å². The molecule has 2 heterocycles. The van der Waals surface area contributed by atoms with E-state index < -0.39 is 15.9 Å². The Morgan fingerprint density at radius 3 is 2.49 bits per heavy atom. The second-order valence-corrected chi connectivity index (χ2v) is 10.7. The number of rotatable bonds is 5. The first-order valence-corrected chi connectivity index (χ1v) is 13.4. The first-order chi connectivity index (χ1) is 16.8. The fraction of sp³-hybridized carbons (Fsp3) is 0.200. The third-order valence-corrected chi connectivity index (χ3v) is 7.99. The van der Waals surface area contributed by atoms with Crippen LogP contribution >= 0.6 is 11.3 Å². The minimum absolute atomic E-state index is 0.148. The highest BCUT2D eigenvalue weighted by Crippen LogP contribution is 2.35. The molecule has 0 unspecified atom stereocenters. The maximum Gasteiger partial charge on any atom is 0.279 e. The molecule has 0 saturated carbocycles. The van der Waals surface area contributed by atoms with E-state index >= 15 is 0 Å². The first kappa shape index (κ1) is 23.1. The summed E-state index contributed by atoms with van der Waals surface area (Å²) in [5.41, 5.74) is 2.44. The molecular formula is C25H23N3O5S2. The Hall–Kier alpha value is -3.63. The maximum absolute atomic E-state index is 13.0. The summed E-state index contributed by atoms with van der Waals surface area (Å²) in [5, 5.41) is 0. The van der Waals surface area contributed by atoms with E-state index in [-0.39, 0.29) is 16.1 Å². The number of ether oxygens (including phenoxy) is 2. The van der Waals surface area contributed by atoms with Crippen LogP contribution in [-0.2, 0) is 16.6 Å². The number of benzene rings is 3. The molecule has 0 bridgehead atoms. The monoisotopic (exact) mass is 509 g/mol. The van der Waals surface area contributed by atoms with Gasteiger partial charge in [-0.05, 0) is 44.2 Å². The number of nitrogens with one attached hydrogen (secondary N) is 1. The van der Waals surface area contributed by atoms with E-state index in [0.29, 0.717) is 36.1 Å². The molecule has 1 aliphatic heterocycles. The second-order valence-electron chi connectivity index (χ2n) is 8.01. The topological polar surface area (TPSA) is 99.0 Å². The molecule has 1 amide bonds. The first-order valence-electron chi connectivity index (χ1n) is 11.1. The van der Waals surface area contributed by atoms with Gasteiger partial charge in [0.2, 0.25) is 0 Å². The number of thiazole rings is 1. The molecule has 5 rings (SSSR count). The number of aryl methyl sites for hydroxylation is 2. The molecular weight excluding hydrogens is 486 g/mol. The smallest absolute Gasteiger partial charge is 0.279 e. The van der Waals surface area contributed by atoms with Gasteiger partial charge in [-0.15, -0.1) is 0 Å². The number of hydrogen-bond acceptors (Lipinski definition) is 6. The molecule has 0 spiro atoms. The highest BCUT2D eigenvalue weighted by atomic mass is 32.2. The van der Waals surface area contributed by atoms with Crippen molar-refractivity contribution in [3.05, 3.63) is 76.6 Å². The van der Waals surface area contributed by atoms with Crippen molar-refractivity contribution in [2.24, 2.45) is 4.99 Å². The summed E-state index contributed by atoms with van der Waals surface area (Å²) in [7, 11) is -3.79. The van der Waals surface area contributed by atoms with Gasteiger partial charge < -0.3 is 14.0 Å². The van der Waals surface area contributed by atoms with Crippen LogP contribution in [0.2, 0.25) is 0 Å². The molecule has 1 aliphatic rings. The number of nitrogens with zero attached hydrogens (tertiary/aromatic N) is 2. The molecule has 35 heavy (non-hydrogen) atoms. The van der Waals surface area contributed by atoms with E-state index in [9.17, 15) is 13.2 Å². The molecule has 0 fully saturated rings. The molecule has 0 atom stereocenters. The Morgan fingerprint density at radius 1 is 1.06 bits per heavy atom. The Kier molecular flexibility index (Phi) is 6.08. The molecule has 10 heteroatoms. The third-order valence-electron chi connectivity index (χ3n) is 5.55. The van der Waals surface area contributed by atoms with Gasteiger partial charge in [-0.2, -0.15) is 4.99 Å². The average molecular weight is 510 g/mol. The number of hydrogen-bond donors (Lipinski definition) is 1. The highest BCUT2D eigenvalue weighted by Gasteiger charge is 2.18. The number of anilines is 1. The van der Waals surface area contributed by atoms with Crippen molar-refractivity contribution in [2.75, 3.05) is 17.9 Å². The zero-order valence-electron chi connectivity index (χ0n) is 19.1. The fourth-order valence-electron chi connectivity index (χ4n) is 3.80. The van der Waals surface area contributed by atoms with Crippen LogP contribution in [0.25, 0.3) is 10.2 Å². The minimum Gasteiger partial charge on any atom is -0.486 e. The number of aromatic nitrogens is 1. The van der Waals surface area contributed by atoms with Crippen LogP contribution in [0.1, 0.15) is 22.8 Å². The van der Waals surface area contributed by atoms with Crippen LogP contribution in [0.4, 0.5) is 5.69 Å². The third kappa shape index (κ3) is 4.67. The van der Waals surface area contributed by atoms with Crippen LogP contribution < -0.4 is 19.0 Å². The van der Waals surface area contributed by atoms with Crippen molar-refractivity contribution in [1.82, 2.24) is 4.57 Å². The number of carbonyl (C=O) groups is 1. The normalized spacial score (nSPS) is 13.7. The highest BCUT2D eigenvalue weighted by molar-refractivity contribution is 7.92. The largest absolute Gasteiger partial charge is 0.486 e. The zero-order valence-corrected chi connectivity index (χ0v) is 20.8. The summed E-state index contributed by atoms with van der Waals surface area (Å²) in [4.78, 5) is 18.1. The van der Waals surface area contributed by atoms with Crippen LogP contribution in [0.5, 0.6) is 11.5 Å². The molecule has 1 N–H and O–H groups in total. The lowest BCUT2D eigenvalue weighted by Crippen LogP contribution is -2.17. The van der Waals surface area contributed by atoms with Crippen molar-refractivity contribution < 1.29 is 22.7 Å². The van der Waals surface area contributed by atoms with Gasteiger partial charge in [-0.3, -0.25) is 9.52 Å². The Balaban J connectivity index is 1.47. The molecule has 180 valence electrons. The van der Waals surface area contributed by atoms with Gasteiger partial charge in [0.15, 0.2) is 16.3 Å². The van der Waals surface area contributed by atoms with Crippen LogP contribution in [-0.4, -0.2) is 32.1 Å². The summed E-state index contributed by atoms with van der Waals surface area (Å²) in [6.07, 6.45) is 0. The lowest BCUT2D eigenvalue weighted by Gasteiger charge is -2.18. The van der Waals surface area contributed by atoms with Crippen molar-refractivity contribution >= 4 is 43.2 Å². The molecule has 3 aromatic carbocycles. The van der Waals surface area contributed by atoms with Crippen molar-refractivity contribution in [2.45, 2.75) is 25.3 Å². The Bertz CT molecular complexity index is 1600. The summed E-state index contributed by atoms with van der Waals surface area (Å²) in [5.74, 6) is 0.891. The molecule has 0 aliphatic carbocycles. The molecule has 8 nitrogen and oxygen atoms in total. The molecule has 4 aromatic rings. The van der Waals surface area contributed by atoms with Crippen LogP contribution in [0.15, 0.2) is 70.6 Å². The SMILES string of the molecule is CCn1c(=NC(=O)c2cccc(NS(=O)(=O)c3ccc(C)cc3)c2)sc2cc3c(cc21)OCCO3.